The standard InChI is InChI=1S/C30H31N6/c31-36-15-12-32-19-28(36)29(25-16-21(17-25)20-35-13-4-5-14-35)34-30(36)24-9-8-23-10-11-26(33-27(23)18-24)22-6-2-1-3-7-22/h1-3,6-12,15,18-19,21,25H,4-5,13-14,16-17,20,31H2/q+1. The molecule has 2 fully saturated rings. The summed E-state index contributed by atoms with van der Waals surface area (Å²) in [7, 11) is 0. The number of nitrogens with two attached hydrogens (primary N) is 1. The Bertz CT molecular complexity index is 1440. The maximum atomic E-state index is 7.02. The van der Waals surface area contributed by atoms with Crippen LogP contribution in [0, 0.1) is 11.8 Å². The SMILES string of the molecule is N[N+]12C=CN=CC1=C(C1CC(CN3CCCC3)C1)N=C2c1ccc2ccc(-c3ccccc3)nc2c1. The predicted octanol–water partition coefficient (Wildman–Crippen LogP) is 5.24. The second-order valence-corrected chi connectivity index (χ2v) is 10.6. The normalized spacial score (nSPS) is 27.4. The minimum atomic E-state index is 0.0794. The third-order valence-corrected chi connectivity index (χ3v) is 8.18. The highest BCUT2D eigenvalue weighted by Crippen LogP contribution is 2.45. The Morgan fingerprint density at radius 3 is 2.58 bits per heavy atom. The Balaban J connectivity index is 1.21. The fraction of sp³-hybridized carbons (Fsp3) is 0.300. The summed E-state index contributed by atoms with van der Waals surface area (Å²) in [6.07, 6.45) is 10.7. The van der Waals surface area contributed by atoms with Crippen molar-refractivity contribution >= 4 is 23.0 Å². The Morgan fingerprint density at radius 2 is 1.75 bits per heavy atom. The van der Waals surface area contributed by atoms with Crippen molar-refractivity contribution in [1.82, 2.24) is 9.88 Å². The summed E-state index contributed by atoms with van der Waals surface area (Å²) in [6, 6.07) is 20.9. The molecule has 7 rings (SSSR count). The van der Waals surface area contributed by atoms with Crippen molar-refractivity contribution in [3.8, 4) is 11.3 Å². The van der Waals surface area contributed by atoms with E-state index < -0.39 is 0 Å². The largest absolute Gasteiger partial charge is 0.303 e. The predicted molar refractivity (Wildman–Crippen MR) is 145 cm³/mol. The average molecular weight is 476 g/mol. The summed E-state index contributed by atoms with van der Waals surface area (Å²) in [5.41, 5.74) is 6.14. The number of aromatic nitrogens is 1. The van der Waals surface area contributed by atoms with Crippen LogP contribution in [0.3, 0.4) is 0 Å². The number of rotatable bonds is 5. The highest BCUT2D eigenvalue weighted by Gasteiger charge is 2.48. The fourth-order valence-electron chi connectivity index (χ4n) is 6.17. The van der Waals surface area contributed by atoms with Crippen molar-refractivity contribution in [2.45, 2.75) is 25.7 Å². The Hall–Kier alpha value is -3.45. The van der Waals surface area contributed by atoms with E-state index in [1.165, 1.54) is 45.3 Å². The highest BCUT2D eigenvalue weighted by molar-refractivity contribution is 6.02. The van der Waals surface area contributed by atoms with Crippen molar-refractivity contribution in [3.05, 3.63) is 90.0 Å². The van der Waals surface area contributed by atoms with Crippen LogP contribution in [0.15, 0.2) is 94.4 Å². The van der Waals surface area contributed by atoms with E-state index in [9.17, 15) is 0 Å². The van der Waals surface area contributed by atoms with E-state index in [0.29, 0.717) is 5.92 Å². The van der Waals surface area contributed by atoms with E-state index in [2.05, 4.69) is 52.4 Å². The Kier molecular flexibility index (Phi) is 5.20. The van der Waals surface area contributed by atoms with E-state index in [-0.39, 0.29) is 4.59 Å². The van der Waals surface area contributed by atoms with E-state index in [1.54, 1.807) is 6.20 Å². The topological polar surface area (TPSA) is 66.9 Å². The lowest BCUT2D eigenvalue weighted by molar-refractivity contribution is -0.750. The van der Waals surface area contributed by atoms with Gasteiger partial charge in [-0.1, -0.05) is 42.5 Å². The van der Waals surface area contributed by atoms with Crippen LogP contribution in [-0.2, 0) is 0 Å². The van der Waals surface area contributed by atoms with Gasteiger partial charge >= 0.3 is 0 Å². The Morgan fingerprint density at radius 1 is 0.944 bits per heavy atom. The molecule has 1 unspecified atom stereocenters. The lowest BCUT2D eigenvalue weighted by Gasteiger charge is -2.37. The number of benzene rings is 2. The van der Waals surface area contributed by atoms with Crippen LogP contribution in [0.5, 0.6) is 0 Å². The summed E-state index contributed by atoms with van der Waals surface area (Å²) in [5.74, 6) is 9.08. The number of hydrogen-bond acceptors (Lipinski definition) is 5. The first-order valence-corrected chi connectivity index (χ1v) is 13.1. The monoisotopic (exact) mass is 475 g/mol. The molecule has 1 saturated heterocycles. The number of hydrogen-bond donors (Lipinski definition) is 1. The number of aliphatic imine (C=N–C) groups is 2. The second kappa shape index (κ2) is 8.59. The molecule has 0 amide bonds. The smallest absolute Gasteiger partial charge is 0.264 e. The van der Waals surface area contributed by atoms with Gasteiger partial charge in [-0.3, -0.25) is 4.99 Å². The van der Waals surface area contributed by atoms with Gasteiger partial charge in [0.25, 0.3) is 5.84 Å². The molecule has 6 nitrogen and oxygen atoms in total. The first kappa shape index (κ1) is 21.8. The molecule has 6 heteroatoms. The summed E-state index contributed by atoms with van der Waals surface area (Å²) in [4.78, 5) is 17.2. The summed E-state index contributed by atoms with van der Waals surface area (Å²) < 4.78 is 0.0794. The van der Waals surface area contributed by atoms with Crippen molar-refractivity contribution in [1.29, 1.82) is 0 Å². The molecule has 36 heavy (non-hydrogen) atoms. The molecule has 1 atom stereocenters. The van der Waals surface area contributed by atoms with Gasteiger partial charge < -0.3 is 4.90 Å². The number of nitrogens with zero attached hydrogens (tertiary/aromatic N) is 5. The van der Waals surface area contributed by atoms with Gasteiger partial charge in [-0.15, -0.1) is 4.59 Å². The van der Waals surface area contributed by atoms with E-state index in [0.717, 1.165) is 50.9 Å². The van der Waals surface area contributed by atoms with Crippen LogP contribution in [-0.4, -0.2) is 46.2 Å². The van der Waals surface area contributed by atoms with E-state index >= 15 is 0 Å². The zero-order chi connectivity index (χ0) is 24.1. The van der Waals surface area contributed by atoms with E-state index in [4.69, 9.17) is 15.8 Å². The molecule has 2 N–H and O–H groups in total. The molecule has 1 aliphatic carbocycles. The molecular weight excluding hydrogens is 444 g/mol. The molecule has 4 aliphatic rings. The third-order valence-electron chi connectivity index (χ3n) is 8.18. The zero-order valence-electron chi connectivity index (χ0n) is 20.4. The van der Waals surface area contributed by atoms with Gasteiger partial charge in [-0.25, -0.2) is 4.98 Å². The highest BCUT2D eigenvalue weighted by atomic mass is 15.6. The van der Waals surface area contributed by atoms with Crippen LogP contribution >= 0.6 is 0 Å². The van der Waals surface area contributed by atoms with Crippen LogP contribution in [0.1, 0.15) is 31.2 Å². The van der Waals surface area contributed by atoms with Gasteiger partial charge in [-0.2, -0.15) is 10.8 Å². The van der Waals surface area contributed by atoms with Gasteiger partial charge in [0.1, 0.15) is 11.9 Å². The zero-order valence-corrected chi connectivity index (χ0v) is 20.4. The molecule has 1 saturated carbocycles. The average Bonchev–Trinajstić information content (AvgIpc) is 3.51. The van der Waals surface area contributed by atoms with Crippen molar-refractivity contribution in [2.24, 2.45) is 27.7 Å². The lowest BCUT2D eigenvalue weighted by atomic mass is 9.72. The molecule has 0 spiro atoms. The molecule has 180 valence electrons. The number of likely N-dealkylation sites (tertiary alicyclic amines) is 1. The second-order valence-electron chi connectivity index (χ2n) is 10.6. The van der Waals surface area contributed by atoms with Crippen molar-refractivity contribution in [3.63, 3.8) is 0 Å². The molecule has 2 aromatic carbocycles. The summed E-state index contributed by atoms with van der Waals surface area (Å²) in [6.45, 7) is 3.76. The molecule has 3 aliphatic heterocycles. The van der Waals surface area contributed by atoms with Gasteiger partial charge in [0.2, 0.25) is 5.70 Å². The quantitative estimate of drug-likeness (QED) is 0.405. The van der Waals surface area contributed by atoms with Crippen LogP contribution in [0.2, 0.25) is 0 Å². The number of amidine groups is 1. The summed E-state index contributed by atoms with van der Waals surface area (Å²) in [5, 5.41) is 1.11. The van der Waals surface area contributed by atoms with Gasteiger partial charge in [-0.05, 0) is 62.9 Å². The molecule has 3 aromatic rings. The lowest BCUT2D eigenvalue weighted by Crippen LogP contribution is -2.53. The first-order chi connectivity index (χ1) is 17.7. The fourth-order valence-corrected chi connectivity index (χ4v) is 6.17. The Labute approximate surface area is 211 Å². The van der Waals surface area contributed by atoms with Crippen molar-refractivity contribution < 1.29 is 4.59 Å². The maximum Gasteiger partial charge on any atom is 0.264 e. The van der Waals surface area contributed by atoms with Crippen LogP contribution in [0.25, 0.3) is 22.2 Å². The van der Waals surface area contributed by atoms with Crippen LogP contribution in [0.4, 0.5) is 0 Å². The maximum absolute atomic E-state index is 7.02. The first-order valence-electron chi connectivity index (χ1n) is 13.1. The summed E-state index contributed by atoms with van der Waals surface area (Å²) >= 11 is 0. The minimum Gasteiger partial charge on any atom is -0.303 e. The minimum absolute atomic E-state index is 0.0794. The molecule has 4 heterocycles. The van der Waals surface area contributed by atoms with Gasteiger partial charge in [0.15, 0.2) is 0 Å². The number of pyridine rings is 1. The molecular formula is C30H31N6+. The molecule has 0 bridgehead atoms. The van der Waals surface area contributed by atoms with Crippen molar-refractivity contribution in [2.75, 3.05) is 19.6 Å². The van der Waals surface area contributed by atoms with E-state index in [1.807, 2.05) is 30.6 Å². The molecule has 1 aromatic heterocycles. The van der Waals surface area contributed by atoms with Crippen LogP contribution < -0.4 is 5.84 Å². The number of allylic oxidation sites excluding steroid dienone is 2. The molecule has 0 radical (unpaired) electrons. The van der Waals surface area contributed by atoms with Gasteiger partial charge in [0.05, 0.1) is 29.2 Å². The third kappa shape index (κ3) is 3.64. The van der Waals surface area contributed by atoms with Gasteiger partial charge in [0, 0.05) is 23.4 Å². The number of fused-ring (bicyclic) bond motifs is 2. The number of quaternary nitrogens is 1.